The molecule has 0 aliphatic rings. The van der Waals surface area contributed by atoms with Crippen LogP contribution in [0, 0.1) is 0 Å². The number of aromatic nitrogens is 4. The van der Waals surface area contributed by atoms with Gasteiger partial charge in [-0.05, 0) is 72.5 Å². The normalized spacial score (nSPS) is 11.3. The van der Waals surface area contributed by atoms with Crippen LogP contribution in [0.4, 0.5) is 0 Å². The summed E-state index contributed by atoms with van der Waals surface area (Å²) in [6, 6.07) is 41.8. The van der Waals surface area contributed by atoms with Crippen molar-refractivity contribution >= 4 is 0 Å². The number of hydrogen-bond acceptors (Lipinski definition) is 2. The van der Waals surface area contributed by atoms with E-state index in [1.165, 1.54) is 11.1 Å². The van der Waals surface area contributed by atoms with E-state index in [2.05, 4.69) is 97.1 Å². The quantitative estimate of drug-likeness (QED) is 0.204. The van der Waals surface area contributed by atoms with E-state index in [9.17, 15) is 0 Å². The summed E-state index contributed by atoms with van der Waals surface area (Å²) in [5.74, 6) is 0. The lowest BCUT2D eigenvalue weighted by molar-refractivity contribution is 0.884. The minimum absolute atomic E-state index is 0.883. The van der Waals surface area contributed by atoms with Crippen molar-refractivity contribution in [1.82, 2.24) is 19.6 Å². The largest absolute Gasteiger partial charge is 0.240 e. The van der Waals surface area contributed by atoms with Crippen molar-refractivity contribution < 1.29 is 0 Å². The second-order valence-electron chi connectivity index (χ2n) is 9.24. The molecule has 0 unspecified atom stereocenters. The minimum Gasteiger partial charge on any atom is -0.240 e. The molecular formula is C34H28N4. The van der Waals surface area contributed by atoms with Gasteiger partial charge in [-0.1, -0.05) is 84.9 Å². The topological polar surface area (TPSA) is 35.6 Å². The lowest BCUT2D eigenvalue weighted by Crippen LogP contribution is -1.94. The second-order valence-corrected chi connectivity index (χ2v) is 9.24. The van der Waals surface area contributed by atoms with Gasteiger partial charge >= 0.3 is 0 Å². The Labute approximate surface area is 223 Å². The molecule has 0 aliphatic heterocycles. The van der Waals surface area contributed by atoms with Gasteiger partial charge in [0.2, 0.25) is 0 Å². The smallest absolute Gasteiger partial charge is 0.0927 e. The number of para-hydroxylation sites is 2. The first-order valence-corrected chi connectivity index (χ1v) is 12.9. The van der Waals surface area contributed by atoms with Gasteiger partial charge in [-0.15, -0.1) is 0 Å². The van der Waals surface area contributed by atoms with E-state index in [1.807, 2.05) is 58.2 Å². The van der Waals surface area contributed by atoms with Crippen molar-refractivity contribution in [1.29, 1.82) is 0 Å². The SMILES string of the molecule is C(=C\Cc1cccc(-c2ccn(-c3ccccc3)n2)c1)/Cc1cccc(-c2ccn(-c3ccccc3)n2)c1. The van der Waals surface area contributed by atoms with Gasteiger partial charge in [0.25, 0.3) is 0 Å². The number of rotatable bonds is 8. The first kappa shape index (κ1) is 23.4. The number of hydrogen-bond donors (Lipinski definition) is 0. The summed E-state index contributed by atoms with van der Waals surface area (Å²) in [6.07, 6.45) is 10.3. The molecule has 4 aromatic carbocycles. The fourth-order valence-electron chi connectivity index (χ4n) is 4.56. The van der Waals surface area contributed by atoms with Crippen molar-refractivity contribution in [2.75, 3.05) is 0 Å². The van der Waals surface area contributed by atoms with Crippen LogP contribution in [0.3, 0.4) is 0 Å². The van der Waals surface area contributed by atoms with Gasteiger partial charge in [0.15, 0.2) is 0 Å². The average molecular weight is 493 g/mol. The molecule has 6 aromatic rings. The zero-order valence-electron chi connectivity index (χ0n) is 21.1. The molecule has 4 nitrogen and oxygen atoms in total. The molecule has 2 aromatic heterocycles. The Balaban J connectivity index is 1.10. The maximum absolute atomic E-state index is 4.77. The summed E-state index contributed by atoms with van der Waals surface area (Å²) < 4.78 is 3.84. The molecule has 0 bridgehead atoms. The van der Waals surface area contributed by atoms with Gasteiger partial charge in [0.05, 0.1) is 22.8 Å². The first-order chi connectivity index (χ1) is 18.8. The molecule has 2 heterocycles. The monoisotopic (exact) mass is 492 g/mol. The molecule has 0 saturated heterocycles. The van der Waals surface area contributed by atoms with E-state index in [0.717, 1.165) is 46.7 Å². The maximum atomic E-state index is 4.77. The number of benzene rings is 4. The fraction of sp³-hybridized carbons (Fsp3) is 0.0588. The van der Waals surface area contributed by atoms with Crippen LogP contribution < -0.4 is 0 Å². The van der Waals surface area contributed by atoms with Gasteiger partial charge in [0.1, 0.15) is 0 Å². The Kier molecular flexibility index (Phi) is 6.77. The lowest BCUT2D eigenvalue weighted by atomic mass is 10.0. The molecule has 0 saturated carbocycles. The Morgan fingerprint density at radius 1 is 0.474 bits per heavy atom. The highest BCUT2D eigenvalue weighted by atomic mass is 15.3. The minimum atomic E-state index is 0.883. The van der Waals surface area contributed by atoms with Crippen molar-refractivity contribution in [2.45, 2.75) is 12.8 Å². The first-order valence-electron chi connectivity index (χ1n) is 12.9. The molecule has 6 rings (SSSR count). The zero-order chi connectivity index (χ0) is 25.6. The molecule has 0 fully saturated rings. The van der Waals surface area contributed by atoms with E-state index >= 15 is 0 Å². The highest BCUT2D eigenvalue weighted by Crippen LogP contribution is 2.22. The molecular weight excluding hydrogens is 464 g/mol. The molecule has 0 atom stereocenters. The second kappa shape index (κ2) is 11.0. The predicted octanol–water partition coefficient (Wildman–Crippen LogP) is 7.73. The van der Waals surface area contributed by atoms with Crippen LogP contribution in [0.5, 0.6) is 0 Å². The van der Waals surface area contributed by atoms with E-state index in [4.69, 9.17) is 10.2 Å². The molecule has 0 radical (unpaired) electrons. The number of nitrogens with zero attached hydrogens (tertiary/aromatic N) is 4. The Morgan fingerprint density at radius 3 is 1.37 bits per heavy atom. The van der Waals surface area contributed by atoms with Crippen LogP contribution in [-0.4, -0.2) is 19.6 Å². The number of allylic oxidation sites excluding steroid dienone is 2. The van der Waals surface area contributed by atoms with Crippen LogP contribution in [0.1, 0.15) is 11.1 Å². The van der Waals surface area contributed by atoms with E-state index in [0.29, 0.717) is 0 Å². The Bertz CT molecular complexity index is 1530. The van der Waals surface area contributed by atoms with Crippen molar-refractivity contribution in [3.63, 3.8) is 0 Å². The molecule has 184 valence electrons. The summed E-state index contributed by atoms with van der Waals surface area (Å²) >= 11 is 0. The van der Waals surface area contributed by atoms with Crippen LogP contribution in [0.25, 0.3) is 33.9 Å². The van der Waals surface area contributed by atoms with Crippen molar-refractivity contribution in [3.05, 3.63) is 157 Å². The Morgan fingerprint density at radius 2 is 0.921 bits per heavy atom. The van der Waals surface area contributed by atoms with Gasteiger partial charge in [-0.25, -0.2) is 9.36 Å². The summed E-state index contributed by atoms with van der Waals surface area (Å²) in [5, 5.41) is 9.54. The molecule has 0 spiro atoms. The van der Waals surface area contributed by atoms with Gasteiger partial charge < -0.3 is 0 Å². The molecule has 0 amide bonds. The standard InChI is InChI=1S/C34H28N4/c1-3-17-31(18-4-1)37-23-21-33(35-37)29-15-9-13-27(25-29)11-7-8-12-28-14-10-16-30(26-28)34-22-24-38(36-34)32-19-5-2-6-20-32/h1-10,13-26H,11-12H2/b8-7+. The van der Waals surface area contributed by atoms with Crippen molar-refractivity contribution in [3.8, 4) is 33.9 Å². The predicted molar refractivity (Wildman–Crippen MR) is 155 cm³/mol. The van der Waals surface area contributed by atoms with E-state index in [-0.39, 0.29) is 0 Å². The average Bonchev–Trinajstić information content (AvgIpc) is 3.68. The van der Waals surface area contributed by atoms with Crippen LogP contribution in [0.15, 0.2) is 146 Å². The van der Waals surface area contributed by atoms with E-state index < -0.39 is 0 Å². The summed E-state index contributed by atoms with van der Waals surface area (Å²) in [5.41, 5.74) is 8.89. The summed E-state index contributed by atoms with van der Waals surface area (Å²) in [4.78, 5) is 0. The lowest BCUT2D eigenvalue weighted by Gasteiger charge is -2.03. The third-order valence-corrected chi connectivity index (χ3v) is 6.54. The molecule has 0 N–H and O–H groups in total. The molecule has 0 aliphatic carbocycles. The third kappa shape index (κ3) is 5.40. The molecule has 4 heteroatoms. The summed E-state index contributed by atoms with van der Waals surface area (Å²) in [7, 11) is 0. The summed E-state index contributed by atoms with van der Waals surface area (Å²) in [6.45, 7) is 0. The third-order valence-electron chi connectivity index (χ3n) is 6.54. The highest BCUT2D eigenvalue weighted by Gasteiger charge is 2.06. The Hall–Kier alpha value is -4.96. The van der Waals surface area contributed by atoms with Crippen molar-refractivity contribution in [2.24, 2.45) is 0 Å². The zero-order valence-corrected chi connectivity index (χ0v) is 21.1. The molecule has 38 heavy (non-hydrogen) atoms. The van der Waals surface area contributed by atoms with Gasteiger partial charge in [-0.2, -0.15) is 10.2 Å². The van der Waals surface area contributed by atoms with Crippen LogP contribution in [-0.2, 0) is 12.8 Å². The van der Waals surface area contributed by atoms with Gasteiger partial charge in [-0.3, -0.25) is 0 Å². The van der Waals surface area contributed by atoms with Gasteiger partial charge in [0, 0.05) is 23.5 Å². The van der Waals surface area contributed by atoms with E-state index in [1.54, 1.807) is 0 Å². The highest BCUT2D eigenvalue weighted by molar-refractivity contribution is 5.61. The van der Waals surface area contributed by atoms with Crippen LogP contribution >= 0.6 is 0 Å². The van der Waals surface area contributed by atoms with Crippen LogP contribution in [0.2, 0.25) is 0 Å². The maximum Gasteiger partial charge on any atom is 0.0927 e. The fourth-order valence-corrected chi connectivity index (χ4v) is 4.56.